The van der Waals surface area contributed by atoms with Crippen LogP contribution >= 0.6 is 0 Å². The number of carbonyl (C=O) groups excluding carboxylic acids is 1. The highest BCUT2D eigenvalue weighted by molar-refractivity contribution is 5.92. The van der Waals surface area contributed by atoms with E-state index in [1.807, 2.05) is 6.07 Å². The summed E-state index contributed by atoms with van der Waals surface area (Å²) in [5, 5.41) is 4.05. The van der Waals surface area contributed by atoms with Gasteiger partial charge in [0.25, 0.3) is 11.5 Å². The van der Waals surface area contributed by atoms with Crippen LogP contribution in [0.3, 0.4) is 0 Å². The summed E-state index contributed by atoms with van der Waals surface area (Å²) >= 11 is 0. The van der Waals surface area contributed by atoms with E-state index in [-0.39, 0.29) is 11.5 Å². The summed E-state index contributed by atoms with van der Waals surface area (Å²) in [6, 6.07) is 4.84. The topological polar surface area (TPSA) is 90.2 Å². The largest absolute Gasteiger partial charge is 0.477 e. The third-order valence-corrected chi connectivity index (χ3v) is 5.73. The summed E-state index contributed by atoms with van der Waals surface area (Å²) in [4.78, 5) is 34.4. The molecule has 1 saturated carbocycles. The monoisotopic (exact) mass is 383 g/mol. The van der Waals surface area contributed by atoms with Crippen molar-refractivity contribution in [2.45, 2.75) is 38.0 Å². The van der Waals surface area contributed by atoms with E-state index < -0.39 is 0 Å². The van der Waals surface area contributed by atoms with Crippen LogP contribution in [0.1, 0.15) is 54.2 Å². The molecule has 0 aromatic carbocycles. The van der Waals surface area contributed by atoms with Crippen molar-refractivity contribution in [3.63, 3.8) is 0 Å². The number of carbonyl (C=O) groups is 1. The summed E-state index contributed by atoms with van der Waals surface area (Å²) in [7, 11) is 1.55. The Hall–Kier alpha value is -2.77. The van der Waals surface area contributed by atoms with Gasteiger partial charge in [-0.1, -0.05) is 6.42 Å². The first-order valence-corrected chi connectivity index (χ1v) is 9.88. The Balaban J connectivity index is 1.28. The second-order valence-electron chi connectivity index (χ2n) is 7.64. The minimum atomic E-state index is -0.224. The van der Waals surface area contributed by atoms with E-state index in [1.165, 1.54) is 36.1 Å². The van der Waals surface area contributed by atoms with E-state index >= 15 is 0 Å². The number of amides is 1. The molecule has 3 heterocycles. The highest BCUT2D eigenvalue weighted by atomic mass is 16.5. The van der Waals surface area contributed by atoms with Crippen LogP contribution in [0.25, 0.3) is 0 Å². The molecule has 1 amide bonds. The van der Waals surface area contributed by atoms with Crippen molar-refractivity contribution in [3.05, 3.63) is 46.3 Å². The zero-order valence-corrected chi connectivity index (χ0v) is 16.1. The Labute approximate surface area is 163 Å². The van der Waals surface area contributed by atoms with E-state index in [0.717, 1.165) is 18.5 Å². The SMILES string of the molecule is Cn1nc(C(=O)N2CCC(COc3cc(C4CCC4)ncn3)CC2)ccc1=O. The molecule has 4 rings (SSSR count). The molecular weight excluding hydrogens is 358 g/mol. The molecule has 1 aliphatic carbocycles. The molecule has 8 heteroatoms. The first kappa shape index (κ1) is 18.6. The number of rotatable bonds is 5. The molecule has 0 N–H and O–H groups in total. The number of hydrogen-bond donors (Lipinski definition) is 0. The van der Waals surface area contributed by atoms with Gasteiger partial charge < -0.3 is 9.64 Å². The lowest BCUT2D eigenvalue weighted by molar-refractivity contribution is 0.0651. The van der Waals surface area contributed by atoms with Gasteiger partial charge in [0.1, 0.15) is 12.0 Å². The van der Waals surface area contributed by atoms with Crippen molar-refractivity contribution in [3.8, 4) is 5.88 Å². The lowest BCUT2D eigenvalue weighted by atomic mass is 9.83. The lowest BCUT2D eigenvalue weighted by Gasteiger charge is -2.31. The fourth-order valence-electron chi connectivity index (χ4n) is 3.64. The van der Waals surface area contributed by atoms with Crippen LogP contribution in [-0.2, 0) is 7.05 Å². The number of nitrogens with zero attached hydrogens (tertiary/aromatic N) is 5. The van der Waals surface area contributed by atoms with Gasteiger partial charge in [0.2, 0.25) is 5.88 Å². The predicted molar refractivity (Wildman–Crippen MR) is 102 cm³/mol. The maximum Gasteiger partial charge on any atom is 0.274 e. The van der Waals surface area contributed by atoms with Gasteiger partial charge in [0.15, 0.2) is 0 Å². The van der Waals surface area contributed by atoms with Crippen molar-refractivity contribution < 1.29 is 9.53 Å². The second-order valence-corrected chi connectivity index (χ2v) is 7.64. The van der Waals surface area contributed by atoms with Crippen LogP contribution in [0.5, 0.6) is 5.88 Å². The van der Waals surface area contributed by atoms with Crippen LogP contribution in [0, 0.1) is 5.92 Å². The Bertz CT molecular complexity index is 901. The van der Waals surface area contributed by atoms with Crippen LogP contribution in [0.4, 0.5) is 0 Å². The Morgan fingerprint density at radius 3 is 2.64 bits per heavy atom. The Morgan fingerprint density at radius 2 is 1.96 bits per heavy atom. The normalized spacial score (nSPS) is 18.0. The molecule has 2 fully saturated rings. The number of ether oxygens (including phenoxy) is 1. The summed E-state index contributed by atoms with van der Waals surface area (Å²) in [6.45, 7) is 1.92. The van der Waals surface area contributed by atoms with Gasteiger partial charge in [-0.3, -0.25) is 9.59 Å². The maximum atomic E-state index is 12.6. The minimum Gasteiger partial charge on any atom is -0.477 e. The molecule has 8 nitrogen and oxygen atoms in total. The zero-order valence-electron chi connectivity index (χ0n) is 16.1. The summed E-state index contributed by atoms with van der Waals surface area (Å²) in [5.74, 6) is 1.46. The molecule has 1 aliphatic heterocycles. The molecular formula is C20H25N5O3. The standard InChI is InChI=1S/C20H25N5O3/c1-24-19(26)6-5-16(23-24)20(27)25-9-7-14(8-10-25)12-28-18-11-17(21-13-22-18)15-3-2-4-15/h5-6,11,13-15H,2-4,7-10,12H2,1H3. The third-order valence-electron chi connectivity index (χ3n) is 5.73. The van der Waals surface area contributed by atoms with Crippen molar-refractivity contribution in [1.29, 1.82) is 0 Å². The van der Waals surface area contributed by atoms with Gasteiger partial charge in [0, 0.05) is 38.2 Å². The number of likely N-dealkylation sites (tertiary alicyclic amines) is 1. The Kier molecular flexibility index (Phi) is 5.36. The molecule has 2 aromatic heterocycles. The molecule has 0 radical (unpaired) electrons. The molecule has 1 saturated heterocycles. The number of piperidine rings is 1. The molecule has 148 valence electrons. The average molecular weight is 383 g/mol. The predicted octanol–water partition coefficient (Wildman–Crippen LogP) is 1.77. The highest BCUT2D eigenvalue weighted by Gasteiger charge is 2.26. The third kappa shape index (κ3) is 4.05. The van der Waals surface area contributed by atoms with E-state index in [4.69, 9.17) is 4.74 Å². The van der Waals surface area contributed by atoms with E-state index in [9.17, 15) is 9.59 Å². The average Bonchev–Trinajstić information content (AvgIpc) is 2.67. The van der Waals surface area contributed by atoms with Crippen LogP contribution in [0.15, 0.2) is 29.3 Å². The Morgan fingerprint density at radius 1 is 1.18 bits per heavy atom. The second kappa shape index (κ2) is 8.08. The molecule has 0 atom stereocenters. The zero-order chi connectivity index (χ0) is 19.5. The molecule has 0 bridgehead atoms. The molecule has 2 aliphatic rings. The number of hydrogen-bond acceptors (Lipinski definition) is 6. The van der Waals surface area contributed by atoms with Crippen molar-refractivity contribution in [2.75, 3.05) is 19.7 Å². The van der Waals surface area contributed by atoms with Gasteiger partial charge in [-0.05, 0) is 37.7 Å². The van der Waals surface area contributed by atoms with Crippen molar-refractivity contribution in [1.82, 2.24) is 24.6 Å². The minimum absolute atomic E-state index is 0.129. The fourth-order valence-corrected chi connectivity index (χ4v) is 3.64. The number of aryl methyl sites for hydroxylation is 1. The van der Waals surface area contributed by atoms with Gasteiger partial charge in [0.05, 0.1) is 12.3 Å². The number of aromatic nitrogens is 4. The lowest BCUT2D eigenvalue weighted by Crippen LogP contribution is -2.40. The van der Waals surface area contributed by atoms with E-state index in [2.05, 4.69) is 15.1 Å². The fraction of sp³-hybridized carbons (Fsp3) is 0.550. The first-order chi connectivity index (χ1) is 13.6. The van der Waals surface area contributed by atoms with Crippen molar-refractivity contribution in [2.24, 2.45) is 13.0 Å². The smallest absolute Gasteiger partial charge is 0.274 e. The summed E-state index contributed by atoms with van der Waals surface area (Å²) in [6.07, 6.45) is 7.01. The summed E-state index contributed by atoms with van der Waals surface area (Å²) in [5.41, 5.74) is 1.17. The van der Waals surface area contributed by atoms with E-state index in [0.29, 0.717) is 43.1 Å². The van der Waals surface area contributed by atoms with Gasteiger partial charge >= 0.3 is 0 Å². The van der Waals surface area contributed by atoms with Gasteiger partial charge in [-0.15, -0.1) is 0 Å². The molecule has 0 unspecified atom stereocenters. The van der Waals surface area contributed by atoms with Crippen molar-refractivity contribution >= 4 is 5.91 Å². The van der Waals surface area contributed by atoms with Crippen LogP contribution < -0.4 is 10.3 Å². The van der Waals surface area contributed by atoms with Crippen LogP contribution in [0.2, 0.25) is 0 Å². The summed E-state index contributed by atoms with van der Waals surface area (Å²) < 4.78 is 7.10. The van der Waals surface area contributed by atoms with E-state index in [1.54, 1.807) is 18.3 Å². The van der Waals surface area contributed by atoms with Gasteiger partial charge in [-0.25, -0.2) is 14.6 Å². The molecule has 28 heavy (non-hydrogen) atoms. The first-order valence-electron chi connectivity index (χ1n) is 9.88. The van der Waals surface area contributed by atoms with Crippen LogP contribution in [-0.4, -0.2) is 50.3 Å². The quantitative estimate of drug-likeness (QED) is 0.782. The highest BCUT2D eigenvalue weighted by Crippen LogP contribution is 2.35. The molecule has 0 spiro atoms. The maximum absolute atomic E-state index is 12.6. The molecule has 2 aromatic rings. The van der Waals surface area contributed by atoms with Gasteiger partial charge in [-0.2, -0.15) is 5.10 Å².